The minimum absolute atomic E-state index is 0.163. The van der Waals surface area contributed by atoms with Gasteiger partial charge in [0.15, 0.2) is 0 Å². The van der Waals surface area contributed by atoms with E-state index in [2.05, 4.69) is 14.9 Å². The Morgan fingerprint density at radius 2 is 2.17 bits per heavy atom. The van der Waals surface area contributed by atoms with Crippen LogP contribution in [0.3, 0.4) is 0 Å². The molecule has 0 amide bonds. The third-order valence-electron chi connectivity index (χ3n) is 6.86. The van der Waals surface area contributed by atoms with Crippen molar-refractivity contribution in [3.05, 3.63) is 47.6 Å². The first-order valence-electron chi connectivity index (χ1n) is 12.1. The summed E-state index contributed by atoms with van der Waals surface area (Å²) in [7, 11) is 1.60. The number of hydrogen-bond acceptors (Lipinski definition) is 7. The zero-order valence-electron chi connectivity index (χ0n) is 19.9. The van der Waals surface area contributed by atoms with Gasteiger partial charge in [-0.3, -0.25) is 9.78 Å². The fourth-order valence-electron chi connectivity index (χ4n) is 4.98. The third kappa shape index (κ3) is 7.15. The molecule has 1 N–H and O–H groups in total. The number of fused-ring (bicyclic) bond motifs is 1. The number of thioether (sulfide) groups is 1. The molecule has 2 unspecified atom stereocenters. The number of carboxylic acids is 1. The van der Waals surface area contributed by atoms with Crippen LogP contribution >= 0.6 is 23.1 Å². The van der Waals surface area contributed by atoms with Crippen LogP contribution in [0.25, 0.3) is 10.9 Å². The number of likely N-dealkylation sites (tertiary alicyclic amines) is 1. The Morgan fingerprint density at radius 3 is 2.94 bits per heavy atom. The number of aliphatic carboxylic acids is 1. The van der Waals surface area contributed by atoms with E-state index in [-0.39, 0.29) is 12.3 Å². The van der Waals surface area contributed by atoms with Gasteiger partial charge in [-0.2, -0.15) is 0 Å². The van der Waals surface area contributed by atoms with Crippen molar-refractivity contribution < 1.29 is 19.0 Å². The van der Waals surface area contributed by atoms with Crippen molar-refractivity contribution in [1.82, 2.24) is 14.9 Å². The zero-order valence-corrected chi connectivity index (χ0v) is 21.6. The standard InChI is InChI=1S/C26H32FN3O3S2/c1-33-20-4-6-24-22(16-20)21(8-10-28-24)23(27)5-2-18-9-12-30(17-19(18)3-7-25(31)32)13-15-35-26-29-11-14-34-26/h4,6,8,10-11,14,16,18-19,23H,2-3,5,7,9,12-13,15,17H2,1H3,(H,31,32)/t18?,19?,23-/m0/s1. The van der Waals surface area contributed by atoms with Crippen LogP contribution in [0.5, 0.6) is 5.75 Å². The van der Waals surface area contributed by atoms with Gasteiger partial charge in [-0.25, -0.2) is 9.37 Å². The number of thiazole rings is 1. The molecule has 0 bridgehead atoms. The largest absolute Gasteiger partial charge is 0.497 e. The molecule has 6 nitrogen and oxygen atoms in total. The van der Waals surface area contributed by atoms with E-state index in [1.54, 1.807) is 42.5 Å². The highest BCUT2D eigenvalue weighted by Crippen LogP contribution is 2.36. The summed E-state index contributed by atoms with van der Waals surface area (Å²) in [6.45, 7) is 2.80. The van der Waals surface area contributed by atoms with E-state index in [1.807, 2.05) is 29.8 Å². The normalized spacial score (nSPS) is 19.6. The first-order valence-corrected chi connectivity index (χ1v) is 13.9. The number of alkyl halides is 1. The Morgan fingerprint density at radius 1 is 1.29 bits per heavy atom. The molecule has 1 fully saturated rings. The highest BCUT2D eigenvalue weighted by atomic mass is 32.2. The van der Waals surface area contributed by atoms with Gasteiger partial charge in [0.2, 0.25) is 0 Å². The molecule has 0 radical (unpaired) electrons. The second kappa shape index (κ2) is 12.6. The number of hydrogen-bond donors (Lipinski definition) is 1. The zero-order chi connectivity index (χ0) is 24.6. The lowest BCUT2D eigenvalue weighted by Crippen LogP contribution is -2.41. The molecule has 1 aliphatic rings. The highest BCUT2D eigenvalue weighted by Gasteiger charge is 2.30. The molecule has 0 aliphatic carbocycles. The maximum atomic E-state index is 15.5. The van der Waals surface area contributed by atoms with Crippen molar-refractivity contribution in [2.75, 3.05) is 32.5 Å². The van der Waals surface area contributed by atoms with E-state index >= 15 is 4.39 Å². The van der Waals surface area contributed by atoms with Gasteiger partial charge in [0.1, 0.15) is 16.3 Å². The first-order chi connectivity index (χ1) is 17.0. The number of pyridine rings is 1. The number of rotatable bonds is 12. The number of ether oxygens (including phenoxy) is 1. The van der Waals surface area contributed by atoms with E-state index in [4.69, 9.17) is 4.74 Å². The molecule has 1 saturated heterocycles. The quantitative estimate of drug-likeness (QED) is 0.292. The lowest BCUT2D eigenvalue weighted by molar-refractivity contribution is -0.137. The average molecular weight is 518 g/mol. The number of piperidine rings is 1. The first kappa shape index (κ1) is 25.9. The number of nitrogens with zero attached hydrogens (tertiary/aromatic N) is 3. The number of carbonyl (C=O) groups is 1. The monoisotopic (exact) mass is 517 g/mol. The summed E-state index contributed by atoms with van der Waals surface area (Å²) in [4.78, 5) is 22.4. The Kier molecular flexibility index (Phi) is 9.34. The van der Waals surface area contributed by atoms with Gasteiger partial charge >= 0.3 is 5.97 Å². The molecule has 35 heavy (non-hydrogen) atoms. The molecule has 2 aromatic heterocycles. The second-order valence-corrected chi connectivity index (χ2v) is 11.3. The van der Waals surface area contributed by atoms with Gasteiger partial charge in [-0.05, 0) is 73.9 Å². The summed E-state index contributed by atoms with van der Waals surface area (Å²) in [5.41, 5.74) is 1.40. The van der Waals surface area contributed by atoms with Crippen LogP contribution in [0, 0.1) is 11.8 Å². The lowest BCUT2D eigenvalue weighted by atomic mass is 9.79. The van der Waals surface area contributed by atoms with Gasteiger partial charge in [0.05, 0.1) is 12.6 Å². The second-order valence-electron chi connectivity index (χ2n) is 9.02. The molecule has 3 aromatic rings. The average Bonchev–Trinajstić information content (AvgIpc) is 3.39. The van der Waals surface area contributed by atoms with Crippen LogP contribution in [-0.4, -0.2) is 58.4 Å². The van der Waals surface area contributed by atoms with E-state index in [1.165, 1.54) is 0 Å². The van der Waals surface area contributed by atoms with Crippen molar-refractivity contribution in [1.29, 1.82) is 0 Å². The highest BCUT2D eigenvalue weighted by molar-refractivity contribution is 8.01. The Labute approximate surface area is 213 Å². The minimum Gasteiger partial charge on any atom is -0.497 e. The summed E-state index contributed by atoms with van der Waals surface area (Å²) in [6, 6.07) is 7.30. The third-order valence-corrected chi connectivity index (χ3v) is 8.80. The number of aromatic nitrogens is 2. The van der Waals surface area contributed by atoms with Crippen LogP contribution in [0.4, 0.5) is 4.39 Å². The molecule has 3 atom stereocenters. The predicted octanol–water partition coefficient (Wildman–Crippen LogP) is 6.09. The van der Waals surface area contributed by atoms with Crippen molar-refractivity contribution in [2.24, 2.45) is 11.8 Å². The van der Waals surface area contributed by atoms with Gasteiger partial charge < -0.3 is 14.7 Å². The number of methoxy groups -OCH3 is 1. The molecule has 3 heterocycles. The van der Waals surface area contributed by atoms with Gasteiger partial charge in [-0.15, -0.1) is 11.3 Å². The molecule has 0 saturated carbocycles. The number of halogens is 1. The van der Waals surface area contributed by atoms with Gasteiger partial charge in [0.25, 0.3) is 0 Å². The Hall–Kier alpha value is -2.23. The van der Waals surface area contributed by atoms with Crippen molar-refractivity contribution in [2.45, 2.75) is 42.6 Å². The number of carboxylic acid groups (broad SMARTS) is 1. The topological polar surface area (TPSA) is 75.5 Å². The summed E-state index contributed by atoms with van der Waals surface area (Å²) in [5, 5.41) is 12.0. The summed E-state index contributed by atoms with van der Waals surface area (Å²) in [5.74, 6) is 1.49. The summed E-state index contributed by atoms with van der Waals surface area (Å²) >= 11 is 3.42. The molecule has 188 valence electrons. The van der Waals surface area contributed by atoms with Crippen LogP contribution in [0.15, 0.2) is 46.4 Å². The van der Waals surface area contributed by atoms with E-state index in [0.717, 1.165) is 53.5 Å². The van der Waals surface area contributed by atoms with Crippen LogP contribution in [0.2, 0.25) is 0 Å². The maximum Gasteiger partial charge on any atom is 0.303 e. The fraction of sp³-hybridized carbons (Fsp3) is 0.500. The van der Waals surface area contributed by atoms with Gasteiger partial charge in [0, 0.05) is 48.4 Å². The molecule has 1 aromatic carbocycles. The molecule has 9 heteroatoms. The molecular formula is C26H32FN3O3S2. The Balaban J connectivity index is 1.36. The fourth-order valence-corrected chi connectivity index (χ4v) is 6.69. The molecule has 1 aliphatic heterocycles. The van der Waals surface area contributed by atoms with E-state index < -0.39 is 12.1 Å². The summed E-state index contributed by atoms with van der Waals surface area (Å²) < 4.78 is 21.9. The van der Waals surface area contributed by atoms with Crippen LogP contribution in [-0.2, 0) is 4.79 Å². The van der Waals surface area contributed by atoms with Gasteiger partial charge in [-0.1, -0.05) is 11.8 Å². The SMILES string of the molecule is COc1ccc2nccc([C@@H](F)CCC3CCN(CCSc4nccs4)CC3CCC(=O)O)c2c1. The van der Waals surface area contributed by atoms with E-state index in [9.17, 15) is 9.90 Å². The lowest BCUT2D eigenvalue weighted by Gasteiger charge is -2.39. The molecular weight excluding hydrogens is 485 g/mol. The summed E-state index contributed by atoms with van der Waals surface area (Å²) in [6.07, 6.45) is 5.34. The Bertz CT molecular complexity index is 1100. The molecule has 4 rings (SSSR count). The van der Waals surface area contributed by atoms with E-state index in [0.29, 0.717) is 30.1 Å². The minimum atomic E-state index is -1.10. The maximum absolute atomic E-state index is 15.5. The molecule has 0 spiro atoms. The predicted molar refractivity (Wildman–Crippen MR) is 139 cm³/mol. The van der Waals surface area contributed by atoms with Crippen molar-refractivity contribution in [3.8, 4) is 5.75 Å². The van der Waals surface area contributed by atoms with Crippen molar-refractivity contribution in [3.63, 3.8) is 0 Å². The van der Waals surface area contributed by atoms with Crippen LogP contribution in [0.1, 0.15) is 43.8 Å². The smallest absolute Gasteiger partial charge is 0.303 e. The van der Waals surface area contributed by atoms with Crippen molar-refractivity contribution >= 4 is 40.0 Å². The number of benzene rings is 1. The van der Waals surface area contributed by atoms with Crippen LogP contribution < -0.4 is 4.74 Å².